The smallest absolute Gasteiger partial charge is 0.316 e. The molecule has 3 aliphatic rings. The van der Waals surface area contributed by atoms with Gasteiger partial charge in [-0.15, -0.1) is 0 Å². The van der Waals surface area contributed by atoms with E-state index >= 15 is 0 Å². The van der Waals surface area contributed by atoms with Crippen LogP contribution < -0.4 is 11.1 Å². The number of nitrogens with one attached hydrogen (secondary N) is 1. The van der Waals surface area contributed by atoms with E-state index < -0.39 is 6.03 Å². The van der Waals surface area contributed by atoms with Crippen LogP contribution in [0.5, 0.6) is 0 Å². The van der Waals surface area contributed by atoms with Gasteiger partial charge in [-0.25, -0.2) is 4.79 Å². The van der Waals surface area contributed by atoms with E-state index in [0.717, 1.165) is 30.7 Å². The quantitative estimate of drug-likeness (QED) is 0.742. The number of rotatable bonds is 5. The molecule has 0 heterocycles. The van der Waals surface area contributed by atoms with Crippen LogP contribution in [0, 0.1) is 11.8 Å². The van der Waals surface area contributed by atoms with Crippen molar-refractivity contribution in [3.8, 4) is 0 Å². The summed E-state index contributed by atoms with van der Waals surface area (Å²) in [6.07, 6.45) is 10.2. The zero-order valence-corrected chi connectivity index (χ0v) is 12.1. The fraction of sp³-hybridized carbons (Fsp3) is 0.625. The number of urea groups is 1. The molecule has 2 fully saturated rings. The Hall–Kier alpha value is -1.58. The Kier molecular flexibility index (Phi) is 3.64. The third kappa shape index (κ3) is 3.11. The summed E-state index contributed by atoms with van der Waals surface area (Å²) < 4.78 is 0. The standard InChI is InChI=1S/C16H23N3O/c1-10(12-7-8-12)15(19-16(17)20)13-3-2-4-14(13)18-9-11-5-6-11/h9,11-12H,2-8H2,1H3,(H3,17,19,20)/b15-10-,18-9+. The van der Waals surface area contributed by atoms with Gasteiger partial charge in [0.25, 0.3) is 0 Å². The van der Waals surface area contributed by atoms with Crippen molar-refractivity contribution < 1.29 is 4.79 Å². The molecule has 0 spiro atoms. The summed E-state index contributed by atoms with van der Waals surface area (Å²) in [5, 5.41) is 2.86. The highest BCUT2D eigenvalue weighted by atomic mass is 16.2. The second-order valence-corrected chi connectivity index (χ2v) is 6.22. The molecule has 2 amide bonds. The van der Waals surface area contributed by atoms with Crippen molar-refractivity contribution in [1.82, 2.24) is 5.32 Å². The van der Waals surface area contributed by atoms with E-state index in [0.29, 0.717) is 11.8 Å². The fourth-order valence-electron chi connectivity index (χ4n) is 2.84. The van der Waals surface area contributed by atoms with Crippen LogP contribution in [0.15, 0.2) is 27.5 Å². The molecule has 3 rings (SSSR count). The van der Waals surface area contributed by atoms with Crippen LogP contribution in [0.1, 0.15) is 51.9 Å². The Labute approximate surface area is 120 Å². The van der Waals surface area contributed by atoms with Crippen LogP contribution in [0.4, 0.5) is 4.79 Å². The molecule has 0 bridgehead atoms. The third-order valence-corrected chi connectivity index (χ3v) is 4.39. The number of amides is 2. The third-order valence-electron chi connectivity index (χ3n) is 4.39. The summed E-state index contributed by atoms with van der Waals surface area (Å²) >= 11 is 0. The predicted molar refractivity (Wildman–Crippen MR) is 80.2 cm³/mol. The van der Waals surface area contributed by atoms with Crippen LogP contribution >= 0.6 is 0 Å². The lowest BCUT2D eigenvalue weighted by molar-refractivity contribution is 0.251. The summed E-state index contributed by atoms with van der Waals surface area (Å²) in [5.41, 5.74) is 9.95. The minimum Gasteiger partial charge on any atom is -0.351 e. The van der Waals surface area contributed by atoms with Crippen LogP contribution in [-0.2, 0) is 0 Å². The van der Waals surface area contributed by atoms with Crippen molar-refractivity contribution in [2.45, 2.75) is 51.9 Å². The van der Waals surface area contributed by atoms with Gasteiger partial charge in [0.2, 0.25) is 0 Å². The maximum absolute atomic E-state index is 11.3. The van der Waals surface area contributed by atoms with E-state index in [1.807, 2.05) is 0 Å². The molecule has 4 nitrogen and oxygen atoms in total. The highest BCUT2D eigenvalue weighted by molar-refractivity contribution is 5.75. The minimum atomic E-state index is -0.468. The predicted octanol–water partition coefficient (Wildman–Crippen LogP) is 3.26. The molecule has 0 unspecified atom stereocenters. The second kappa shape index (κ2) is 5.43. The SMILES string of the molecule is C/C(=C(/NC(N)=O)C1=C(/N=C/C2CC2)CCC1)C1CC1. The molecule has 3 N–H and O–H groups in total. The molecule has 2 saturated carbocycles. The van der Waals surface area contributed by atoms with Gasteiger partial charge in [-0.1, -0.05) is 0 Å². The molecule has 20 heavy (non-hydrogen) atoms. The summed E-state index contributed by atoms with van der Waals surface area (Å²) in [7, 11) is 0. The van der Waals surface area contributed by atoms with E-state index in [2.05, 4.69) is 23.4 Å². The van der Waals surface area contributed by atoms with Gasteiger partial charge in [0.05, 0.1) is 0 Å². The van der Waals surface area contributed by atoms with Gasteiger partial charge >= 0.3 is 6.03 Å². The molecular weight excluding hydrogens is 250 g/mol. The van der Waals surface area contributed by atoms with Gasteiger partial charge < -0.3 is 11.1 Å². The molecule has 0 radical (unpaired) electrons. The summed E-state index contributed by atoms with van der Waals surface area (Å²) in [4.78, 5) is 16.0. The van der Waals surface area contributed by atoms with Crippen LogP contribution in [0.2, 0.25) is 0 Å². The van der Waals surface area contributed by atoms with E-state index in [9.17, 15) is 4.79 Å². The van der Waals surface area contributed by atoms with Crippen molar-refractivity contribution in [3.05, 3.63) is 22.5 Å². The number of allylic oxidation sites excluding steroid dienone is 3. The summed E-state index contributed by atoms with van der Waals surface area (Å²) in [6.45, 7) is 2.12. The van der Waals surface area contributed by atoms with Crippen LogP contribution in [-0.4, -0.2) is 12.2 Å². The monoisotopic (exact) mass is 273 g/mol. The number of nitrogens with zero attached hydrogens (tertiary/aromatic N) is 1. The Balaban J connectivity index is 1.89. The van der Waals surface area contributed by atoms with E-state index in [1.54, 1.807) is 0 Å². The Morgan fingerprint density at radius 3 is 2.65 bits per heavy atom. The first-order chi connectivity index (χ1) is 9.65. The summed E-state index contributed by atoms with van der Waals surface area (Å²) in [6, 6.07) is -0.468. The largest absolute Gasteiger partial charge is 0.351 e. The Bertz CT molecular complexity index is 508. The first-order valence-corrected chi connectivity index (χ1v) is 7.69. The van der Waals surface area contributed by atoms with Crippen molar-refractivity contribution in [3.63, 3.8) is 0 Å². The maximum atomic E-state index is 11.3. The van der Waals surface area contributed by atoms with Gasteiger partial charge in [0.15, 0.2) is 0 Å². The zero-order chi connectivity index (χ0) is 14.1. The number of nitrogens with two attached hydrogens (primary N) is 1. The molecule has 108 valence electrons. The van der Waals surface area contributed by atoms with Crippen molar-refractivity contribution in [2.75, 3.05) is 0 Å². The first-order valence-electron chi connectivity index (χ1n) is 7.69. The first kappa shape index (κ1) is 13.4. The van der Waals surface area contributed by atoms with Crippen LogP contribution in [0.3, 0.4) is 0 Å². The molecule has 3 aliphatic carbocycles. The van der Waals surface area contributed by atoms with E-state index in [-0.39, 0.29) is 0 Å². The van der Waals surface area contributed by atoms with Gasteiger partial charge in [-0.05, 0) is 74.9 Å². The van der Waals surface area contributed by atoms with Crippen molar-refractivity contribution in [2.24, 2.45) is 22.6 Å². The van der Waals surface area contributed by atoms with Gasteiger partial charge in [0.1, 0.15) is 0 Å². The van der Waals surface area contributed by atoms with Crippen molar-refractivity contribution >= 4 is 12.2 Å². The highest BCUT2D eigenvalue weighted by Crippen LogP contribution is 2.41. The number of carbonyl (C=O) groups is 1. The minimum absolute atomic E-state index is 0.468. The Morgan fingerprint density at radius 2 is 2.05 bits per heavy atom. The molecule has 0 aromatic carbocycles. The molecule has 0 saturated heterocycles. The highest BCUT2D eigenvalue weighted by Gasteiger charge is 2.29. The number of hydrogen-bond acceptors (Lipinski definition) is 2. The topological polar surface area (TPSA) is 67.5 Å². The number of primary amides is 1. The number of hydrogen-bond donors (Lipinski definition) is 2. The van der Waals surface area contributed by atoms with E-state index in [1.165, 1.54) is 36.8 Å². The number of carbonyl (C=O) groups excluding carboxylic acids is 1. The normalized spacial score (nSPS) is 24.2. The molecule has 0 aliphatic heterocycles. The Morgan fingerprint density at radius 1 is 1.30 bits per heavy atom. The molecule has 4 heteroatoms. The molecule has 0 aromatic rings. The van der Waals surface area contributed by atoms with Gasteiger partial charge in [-0.3, -0.25) is 4.99 Å². The fourth-order valence-corrected chi connectivity index (χ4v) is 2.84. The molecular formula is C16H23N3O. The average molecular weight is 273 g/mol. The number of aliphatic imine (C=N–C) groups is 1. The lowest BCUT2D eigenvalue weighted by Crippen LogP contribution is -2.30. The van der Waals surface area contributed by atoms with Gasteiger partial charge in [0, 0.05) is 17.6 Å². The van der Waals surface area contributed by atoms with E-state index in [4.69, 9.17) is 5.73 Å². The van der Waals surface area contributed by atoms with Crippen LogP contribution in [0.25, 0.3) is 0 Å². The maximum Gasteiger partial charge on any atom is 0.316 e. The molecule has 0 aromatic heterocycles. The lowest BCUT2D eigenvalue weighted by Gasteiger charge is -2.14. The van der Waals surface area contributed by atoms with Gasteiger partial charge in [-0.2, -0.15) is 0 Å². The zero-order valence-electron chi connectivity index (χ0n) is 12.1. The van der Waals surface area contributed by atoms with Crippen molar-refractivity contribution in [1.29, 1.82) is 0 Å². The molecule has 0 atom stereocenters. The lowest BCUT2D eigenvalue weighted by atomic mass is 10.0. The second-order valence-electron chi connectivity index (χ2n) is 6.22. The average Bonchev–Trinajstić information content (AvgIpc) is 3.31. The summed E-state index contributed by atoms with van der Waals surface area (Å²) in [5.74, 6) is 1.31.